The molecule has 0 aliphatic rings. The topological polar surface area (TPSA) is 69.9 Å². The van der Waals surface area contributed by atoms with Gasteiger partial charge >= 0.3 is 14.2 Å². The lowest BCUT2D eigenvalue weighted by atomic mass is 9.81. The highest BCUT2D eigenvalue weighted by Crippen LogP contribution is 2.04. The first kappa shape index (κ1) is 17.2. The van der Waals surface area contributed by atoms with Gasteiger partial charge in [-0.1, -0.05) is 58.4 Å². The van der Waals surface area contributed by atoms with E-state index in [-0.39, 0.29) is 0 Å². The van der Waals surface area contributed by atoms with Gasteiger partial charge in [-0.2, -0.15) is 0 Å². The van der Waals surface area contributed by atoms with Crippen molar-refractivity contribution in [3.05, 3.63) is 59.1 Å². The normalized spacial score (nSPS) is 9.45. The van der Waals surface area contributed by atoms with E-state index < -0.39 is 14.2 Å². The summed E-state index contributed by atoms with van der Waals surface area (Å²) in [6, 6.07) is 15.8. The molecule has 104 valence electrons. The Balaban J connectivity index is 0.000000200. The van der Waals surface area contributed by atoms with E-state index in [1.54, 1.807) is 42.5 Å². The fourth-order valence-corrected chi connectivity index (χ4v) is 1.86. The maximum Gasteiger partial charge on any atom is 0.508 e. The van der Waals surface area contributed by atoms with E-state index >= 15 is 0 Å². The largest absolute Gasteiger partial charge is 0.508 e. The van der Waals surface area contributed by atoms with E-state index in [0.29, 0.717) is 10.9 Å². The Morgan fingerprint density at radius 1 is 0.900 bits per heavy atom. The van der Waals surface area contributed by atoms with Crippen LogP contribution < -0.4 is 10.9 Å². The molecule has 2 aromatic carbocycles. The molecule has 0 bridgehead atoms. The number of hydrogen-bond donors (Lipinski definition) is 3. The molecule has 0 heterocycles. The van der Waals surface area contributed by atoms with Crippen molar-refractivity contribution in [3.63, 3.8) is 0 Å². The van der Waals surface area contributed by atoms with Crippen molar-refractivity contribution in [3.8, 4) is 0 Å². The highest BCUT2D eigenvalue weighted by atomic mass is 79.9. The van der Waals surface area contributed by atoms with Crippen molar-refractivity contribution in [2.45, 2.75) is 0 Å². The van der Waals surface area contributed by atoms with Crippen molar-refractivity contribution in [1.29, 1.82) is 0 Å². The highest BCUT2D eigenvalue weighted by Gasteiger charge is 2.13. The Morgan fingerprint density at radius 3 is 1.95 bits per heavy atom. The van der Waals surface area contributed by atoms with Gasteiger partial charge in [-0.3, -0.25) is 0 Å². The average molecular weight is 357 g/mol. The van der Waals surface area contributed by atoms with Crippen molar-refractivity contribution in [1.82, 2.24) is 0 Å². The zero-order valence-corrected chi connectivity index (χ0v) is 12.7. The smallest absolute Gasteiger partial charge is 0.423 e. The van der Waals surface area contributed by atoms with Crippen LogP contribution in [0.25, 0.3) is 0 Å². The molecular formula is C12H12B2BrClO4. The molecular weight excluding hydrogens is 345 g/mol. The van der Waals surface area contributed by atoms with Crippen molar-refractivity contribution in [2.24, 2.45) is 0 Å². The number of hydrogen-bond acceptors (Lipinski definition) is 4. The van der Waals surface area contributed by atoms with E-state index in [4.69, 9.17) is 26.9 Å². The molecule has 0 amide bonds. The predicted octanol–water partition coefficient (Wildman–Crippen LogP) is 0.673. The molecule has 0 aliphatic heterocycles. The van der Waals surface area contributed by atoms with Crippen LogP contribution in [0.4, 0.5) is 0 Å². The van der Waals surface area contributed by atoms with Gasteiger partial charge in [0.25, 0.3) is 0 Å². The Hall–Kier alpha value is -0.820. The molecule has 8 heteroatoms. The molecule has 2 rings (SSSR count). The number of halogens is 2. The third kappa shape index (κ3) is 6.09. The summed E-state index contributed by atoms with van der Waals surface area (Å²) in [5.41, 5.74) is 1.15. The van der Waals surface area contributed by atoms with Crippen molar-refractivity contribution < 1.29 is 19.3 Å². The van der Waals surface area contributed by atoms with Crippen LogP contribution in [0, 0.1) is 0 Å². The second kappa shape index (κ2) is 9.18. The quantitative estimate of drug-likeness (QED) is 0.707. The summed E-state index contributed by atoms with van der Waals surface area (Å²) in [6.45, 7) is 0. The lowest BCUT2D eigenvalue weighted by molar-refractivity contribution is 0.425. The first-order chi connectivity index (χ1) is 9.54. The van der Waals surface area contributed by atoms with Crippen LogP contribution in [-0.4, -0.2) is 29.3 Å². The molecule has 0 atom stereocenters. The second-order valence-electron chi connectivity index (χ2n) is 3.78. The van der Waals surface area contributed by atoms with E-state index in [9.17, 15) is 0 Å². The Morgan fingerprint density at radius 2 is 1.50 bits per heavy atom. The molecule has 0 aliphatic carbocycles. The number of benzene rings is 2. The first-order valence-corrected chi connectivity index (χ1v) is 6.76. The fourth-order valence-electron chi connectivity index (χ4n) is 1.34. The molecule has 0 fully saturated rings. The first-order valence-electron chi connectivity index (χ1n) is 5.66. The maximum atomic E-state index is 8.98. The fraction of sp³-hybridized carbons (Fsp3) is 0. The van der Waals surface area contributed by atoms with Gasteiger partial charge < -0.3 is 19.3 Å². The van der Waals surface area contributed by atoms with E-state index in [1.165, 1.54) is 0 Å². The maximum absolute atomic E-state index is 8.98. The van der Waals surface area contributed by atoms with Gasteiger partial charge in [0.1, 0.15) is 0 Å². The third-order valence-electron chi connectivity index (χ3n) is 2.32. The van der Waals surface area contributed by atoms with E-state index in [2.05, 4.69) is 20.1 Å². The Labute approximate surface area is 131 Å². The summed E-state index contributed by atoms with van der Waals surface area (Å²) < 4.78 is 5.01. The standard InChI is InChI=1S/C6H6BBrO2.C6H6BClO2/c8-6-3-1-2-5(4-6)7(9)10;8-10-7(9)6-4-2-1-3-5-6/h1-4,9-10H;1-5,9H. The molecule has 2 aromatic rings. The van der Waals surface area contributed by atoms with Crippen LogP contribution >= 0.6 is 27.8 Å². The van der Waals surface area contributed by atoms with Gasteiger partial charge in [0.05, 0.1) is 0 Å². The van der Waals surface area contributed by atoms with Crippen LogP contribution in [0.3, 0.4) is 0 Å². The molecule has 0 saturated heterocycles. The molecule has 0 unspecified atom stereocenters. The van der Waals surface area contributed by atoms with E-state index in [0.717, 1.165) is 4.47 Å². The third-order valence-corrected chi connectivity index (χ3v) is 2.98. The van der Waals surface area contributed by atoms with Crippen LogP contribution in [0.2, 0.25) is 0 Å². The van der Waals surface area contributed by atoms with Crippen LogP contribution in [0.15, 0.2) is 59.1 Å². The molecule has 3 N–H and O–H groups in total. The molecule has 4 nitrogen and oxygen atoms in total. The van der Waals surface area contributed by atoms with Crippen LogP contribution in [0.1, 0.15) is 0 Å². The monoisotopic (exact) mass is 356 g/mol. The summed E-state index contributed by atoms with van der Waals surface area (Å²) in [5, 5.41) is 26.3. The highest BCUT2D eigenvalue weighted by molar-refractivity contribution is 9.10. The minimum Gasteiger partial charge on any atom is -0.423 e. The zero-order valence-electron chi connectivity index (χ0n) is 10.4. The molecule has 0 saturated carbocycles. The Kier molecular flexibility index (Phi) is 7.91. The van der Waals surface area contributed by atoms with Crippen LogP contribution in [-0.2, 0) is 4.21 Å². The van der Waals surface area contributed by atoms with Gasteiger partial charge in [-0.05, 0) is 23.1 Å². The minimum atomic E-state index is -1.38. The molecule has 0 aromatic heterocycles. The van der Waals surface area contributed by atoms with Gasteiger partial charge in [-0.15, -0.1) is 0 Å². The van der Waals surface area contributed by atoms with Crippen molar-refractivity contribution in [2.75, 3.05) is 0 Å². The molecule has 20 heavy (non-hydrogen) atoms. The summed E-state index contributed by atoms with van der Waals surface area (Å²) in [7, 11) is -2.40. The molecule has 0 radical (unpaired) electrons. The summed E-state index contributed by atoms with van der Waals surface area (Å²) in [4.78, 5) is 0. The summed E-state index contributed by atoms with van der Waals surface area (Å²) in [6.07, 6.45) is 0. The lowest BCUT2D eigenvalue weighted by Gasteiger charge is -1.98. The lowest BCUT2D eigenvalue weighted by Crippen LogP contribution is -2.30. The SMILES string of the molecule is OB(O)c1cccc(Br)c1.OB(OCl)c1ccccc1. The second-order valence-corrected chi connectivity index (χ2v) is 4.87. The molecule has 0 spiro atoms. The predicted molar refractivity (Wildman–Crippen MR) is 85.0 cm³/mol. The Bertz CT molecular complexity index is 516. The van der Waals surface area contributed by atoms with Gasteiger partial charge in [0, 0.05) is 16.3 Å². The summed E-state index contributed by atoms with van der Waals surface area (Å²) >= 11 is 8.14. The van der Waals surface area contributed by atoms with Gasteiger partial charge in [0.15, 0.2) is 0 Å². The van der Waals surface area contributed by atoms with Gasteiger partial charge in [0.2, 0.25) is 0 Å². The van der Waals surface area contributed by atoms with Crippen molar-refractivity contribution >= 4 is 53.0 Å². The average Bonchev–Trinajstić information content (AvgIpc) is 2.48. The van der Waals surface area contributed by atoms with E-state index in [1.807, 2.05) is 12.1 Å². The zero-order chi connectivity index (χ0) is 15.0. The summed E-state index contributed by atoms with van der Waals surface area (Å²) in [5.74, 6) is 0. The van der Waals surface area contributed by atoms with Crippen LogP contribution in [0.5, 0.6) is 0 Å². The van der Waals surface area contributed by atoms with Gasteiger partial charge in [-0.25, -0.2) is 0 Å². The minimum absolute atomic E-state index is 0.495. The number of rotatable bonds is 3.